The fourth-order valence-electron chi connectivity index (χ4n) is 3.72. The molecule has 0 amide bonds. The van der Waals surface area contributed by atoms with Crippen LogP contribution < -0.4 is 0 Å². The van der Waals surface area contributed by atoms with Crippen molar-refractivity contribution in [3.63, 3.8) is 0 Å². The van der Waals surface area contributed by atoms with Crippen LogP contribution >= 0.6 is 0 Å². The van der Waals surface area contributed by atoms with Crippen LogP contribution in [0.5, 0.6) is 5.75 Å². The summed E-state index contributed by atoms with van der Waals surface area (Å²) in [7, 11) is 0. The van der Waals surface area contributed by atoms with E-state index >= 15 is 0 Å². The molecule has 1 saturated carbocycles. The Labute approximate surface area is 164 Å². The fourth-order valence-corrected chi connectivity index (χ4v) is 3.72. The molecule has 0 bridgehead atoms. The molecule has 1 aromatic carbocycles. The largest absolute Gasteiger partial charge is 0.508 e. The van der Waals surface area contributed by atoms with Crippen molar-refractivity contribution in [3.8, 4) is 5.75 Å². The van der Waals surface area contributed by atoms with Crippen LogP contribution in [0.4, 0.5) is 0 Å². The van der Waals surface area contributed by atoms with Gasteiger partial charge in [0.25, 0.3) is 0 Å². The summed E-state index contributed by atoms with van der Waals surface area (Å²) in [6.07, 6.45) is -1.23. The molecule has 4 unspecified atom stereocenters. The van der Waals surface area contributed by atoms with E-state index in [4.69, 9.17) is 9.47 Å². The molecule has 0 saturated heterocycles. The van der Waals surface area contributed by atoms with Crippen LogP contribution in [0.1, 0.15) is 52.5 Å². The van der Waals surface area contributed by atoms with E-state index in [9.17, 15) is 24.6 Å². The Morgan fingerprint density at radius 3 is 2.04 bits per heavy atom. The molecular weight excluding hydrogens is 364 g/mol. The third-order valence-electron chi connectivity index (χ3n) is 4.76. The molecule has 154 valence electrons. The number of esters is 2. The summed E-state index contributed by atoms with van der Waals surface area (Å²) in [5, 5.41) is 20.5. The summed E-state index contributed by atoms with van der Waals surface area (Å²) in [5.74, 6) is -5.31. The van der Waals surface area contributed by atoms with Crippen molar-refractivity contribution in [2.24, 2.45) is 11.8 Å². The molecule has 7 nitrogen and oxygen atoms in total. The van der Waals surface area contributed by atoms with Gasteiger partial charge >= 0.3 is 11.9 Å². The van der Waals surface area contributed by atoms with Crippen LogP contribution in [-0.4, -0.2) is 45.7 Å². The third kappa shape index (κ3) is 4.70. The number of ketones is 1. The SMILES string of the molecule is CC(C)OC(=O)C1C(=O)CC(C)(O)C(C(=O)OC(C)C)C1c1ccc(O)cc1. The highest BCUT2D eigenvalue weighted by Gasteiger charge is 2.57. The van der Waals surface area contributed by atoms with Crippen molar-refractivity contribution >= 4 is 17.7 Å². The van der Waals surface area contributed by atoms with Crippen molar-refractivity contribution in [1.82, 2.24) is 0 Å². The zero-order valence-corrected chi connectivity index (χ0v) is 16.8. The molecule has 0 spiro atoms. The molecule has 0 radical (unpaired) electrons. The first kappa shape index (κ1) is 21.9. The lowest BCUT2D eigenvalue weighted by molar-refractivity contribution is -0.176. The van der Waals surface area contributed by atoms with Crippen LogP contribution in [0, 0.1) is 11.8 Å². The van der Waals surface area contributed by atoms with E-state index in [-0.39, 0.29) is 12.2 Å². The molecule has 0 aromatic heterocycles. The first-order valence-corrected chi connectivity index (χ1v) is 9.39. The second kappa shape index (κ2) is 8.31. The molecule has 2 rings (SSSR count). The van der Waals surface area contributed by atoms with Crippen LogP contribution in [0.15, 0.2) is 24.3 Å². The van der Waals surface area contributed by atoms with Crippen molar-refractivity contribution in [2.45, 2.75) is 64.8 Å². The normalized spacial score (nSPS) is 27.7. The van der Waals surface area contributed by atoms with Crippen LogP contribution in [0.25, 0.3) is 0 Å². The summed E-state index contributed by atoms with van der Waals surface area (Å²) in [5.41, 5.74) is -1.23. The second-order valence-electron chi connectivity index (χ2n) is 8.04. The standard InChI is InChI=1S/C21H28O7/c1-11(2)27-19(24)17-15(23)10-21(5,26)18(20(25)28-12(3)4)16(17)13-6-8-14(22)9-7-13/h6-9,11-12,16-18,22,26H,10H2,1-5H3. The average Bonchev–Trinajstić information content (AvgIpc) is 2.52. The number of carbonyl (C=O) groups is 3. The predicted molar refractivity (Wildman–Crippen MR) is 101 cm³/mol. The number of carbonyl (C=O) groups excluding carboxylic acids is 3. The fraction of sp³-hybridized carbons (Fsp3) is 0.571. The van der Waals surface area contributed by atoms with Gasteiger partial charge in [-0.15, -0.1) is 0 Å². The molecule has 2 N–H and O–H groups in total. The van der Waals surface area contributed by atoms with Gasteiger partial charge in [0, 0.05) is 12.3 Å². The van der Waals surface area contributed by atoms with E-state index in [1.165, 1.54) is 31.2 Å². The summed E-state index contributed by atoms with van der Waals surface area (Å²) >= 11 is 0. The van der Waals surface area contributed by atoms with E-state index in [0.29, 0.717) is 5.56 Å². The maximum Gasteiger partial charge on any atom is 0.317 e. The van der Waals surface area contributed by atoms with Gasteiger partial charge in [0.1, 0.15) is 11.7 Å². The smallest absolute Gasteiger partial charge is 0.317 e. The van der Waals surface area contributed by atoms with Crippen molar-refractivity contribution in [3.05, 3.63) is 29.8 Å². The minimum atomic E-state index is -1.69. The van der Waals surface area contributed by atoms with Gasteiger partial charge in [-0.05, 0) is 52.3 Å². The molecule has 0 aliphatic heterocycles. The van der Waals surface area contributed by atoms with Crippen molar-refractivity contribution < 1.29 is 34.1 Å². The third-order valence-corrected chi connectivity index (χ3v) is 4.76. The number of aromatic hydroxyl groups is 1. The molecule has 0 heterocycles. The lowest BCUT2D eigenvalue weighted by Crippen LogP contribution is -2.55. The highest BCUT2D eigenvalue weighted by molar-refractivity contribution is 6.02. The Bertz CT molecular complexity index is 726. The molecular formula is C21H28O7. The molecule has 1 fully saturated rings. The number of phenolic OH excluding ortho intramolecular Hbond substituents is 1. The zero-order chi connectivity index (χ0) is 21.2. The molecule has 1 aliphatic rings. The van der Waals surface area contributed by atoms with Gasteiger partial charge < -0.3 is 19.7 Å². The number of phenols is 1. The number of hydrogen-bond acceptors (Lipinski definition) is 7. The van der Waals surface area contributed by atoms with Gasteiger partial charge in [-0.3, -0.25) is 14.4 Å². The summed E-state index contributed by atoms with van der Waals surface area (Å²) in [6.45, 7) is 8.10. The molecule has 1 aliphatic carbocycles. The number of benzene rings is 1. The van der Waals surface area contributed by atoms with Gasteiger partial charge in [-0.2, -0.15) is 0 Å². The van der Waals surface area contributed by atoms with Gasteiger partial charge in [-0.25, -0.2) is 0 Å². The molecule has 1 aromatic rings. The van der Waals surface area contributed by atoms with E-state index in [1.54, 1.807) is 27.7 Å². The Morgan fingerprint density at radius 1 is 1.04 bits per heavy atom. The number of aliphatic hydroxyl groups is 1. The monoisotopic (exact) mass is 392 g/mol. The van der Waals surface area contributed by atoms with E-state index in [1.807, 2.05) is 0 Å². The first-order chi connectivity index (χ1) is 12.9. The zero-order valence-electron chi connectivity index (χ0n) is 16.8. The van der Waals surface area contributed by atoms with Crippen LogP contribution in [0.2, 0.25) is 0 Å². The summed E-state index contributed by atoms with van der Waals surface area (Å²) < 4.78 is 10.6. The van der Waals surface area contributed by atoms with E-state index < -0.39 is 53.3 Å². The number of Topliss-reactive ketones (excluding diaryl/α,β-unsaturated/α-hetero) is 1. The molecule has 28 heavy (non-hydrogen) atoms. The Morgan fingerprint density at radius 2 is 1.54 bits per heavy atom. The van der Waals surface area contributed by atoms with E-state index in [2.05, 4.69) is 0 Å². The lowest BCUT2D eigenvalue weighted by Gasteiger charge is -2.44. The number of ether oxygens (including phenoxy) is 2. The Hall–Kier alpha value is -2.41. The molecule has 4 atom stereocenters. The van der Waals surface area contributed by atoms with Gasteiger partial charge in [-0.1, -0.05) is 12.1 Å². The number of rotatable bonds is 5. The quantitative estimate of drug-likeness (QED) is 0.584. The lowest BCUT2D eigenvalue weighted by atomic mass is 9.61. The molecule has 7 heteroatoms. The predicted octanol–water partition coefficient (Wildman–Crippen LogP) is 2.34. The summed E-state index contributed by atoms with van der Waals surface area (Å²) in [4.78, 5) is 38.4. The first-order valence-electron chi connectivity index (χ1n) is 9.39. The Balaban J connectivity index is 2.59. The maximum absolute atomic E-state index is 12.9. The van der Waals surface area contributed by atoms with E-state index in [0.717, 1.165) is 0 Å². The second-order valence-corrected chi connectivity index (χ2v) is 8.04. The number of hydrogen-bond donors (Lipinski definition) is 2. The average molecular weight is 392 g/mol. The highest BCUT2D eigenvalue weighted by Crippen LogP contribution is 2.47. The van der Waals surface area contributed by atoms with Gasteiger partial charge in [0.2, 0.25) is 0 Å². The van der Waals surface area contributed by atoms with Crippen LogP contribution in [0.3, 0.4) is 0 Å². The minimum absolute atomic E-state index is 0.000241. The van der Waals surface area contributed by atoms with Crippen molar-refractivity contribution in [1.29, 1.82) is 0 Å². The minimum Gasteiger partial charge on any atom is -0.508 e. The van der Waals surface area contributed by atoms with Gasteiger partial charge in [0.15, 0.2) is 5.78 Å². The summed E-state index contributed by atoms with van der Waals surface area (Å²) in [6, 6.07) is 5.86. The topological polar surface area (TPSA) is 110 Å². The van der Waals surface area contributed by atoms with Crippen LogP contribution in [-0.2, 0) is 23.9 Å². The Kier molecular flexibility index (Phi) is 6.49. The maximum atomic E-state index is 12.9. The van der Waals surface area contributed by atoms with Crippen molar-refractivity contribution in [2.75, 3.05) is 0 Å². The van der Waals surface area contributed by atoms with Gasteiger partial charge in [0.05, 0.1) is 23.7 Å². The highest BCUT2D eigenvalue weighted by atomic mass is 16.5.